The second-order valence-corrected chi connectivity index (χ2v) is 3.53. The molecule has 0 saturated heterocycles. The van der Waals surface area contributed by atoms with Crippen LogP contribution in [0, 0.1) is 6.92 Å². The molecule has 5 heteroatoms. The van der Waals surface area contributed by atoms with E-state index in [0.29, 0.717) is 24.0 Å². The highest BCUT2D eigenvalue weighted by Crippen LogP contribution is 2.06. The molecular formula is C10H13N3O2. The number of rotatable bonds is 3. The summed E-state index contributed by atoms with van der Waals surface area (Å²) in [7, 11) is 0. The first-order valence-electron chi connectivity index (χ1n) is 4.88. The Morgan fingerprint density at radius 3 is 3.13 bits per heavy atom. The van der Waals surface area contributed by atoms with Gasteiger partial charge in [-0.25, -0.2) is 4.98 Å². The predicted molar refractivity (Wildman–Crippen MR) is 56.8 cm³/mol. The van der Waals surface area contributed by atoms with Gasteiger partial charge >= 0.3 is 0 Å². The van der Waals surface area contributed by atoms with Gasteiger partial charge in [0.05, 0.1) is 11.7 Å². The molecule has 0 radical (unpaired) electrons. The Balaban J connectivity index is 2.50. The maximum absolute atomic E-state index is 11.9. The molecular weight excluding hydrogens is 194 g/mol. The lowest BCUT2D eigenvalue weighted by Gasteiger charge is -2.02. The first-order chi connectivity index (χ1) is 7.22. The third kappa shape index (κ3) is 1.78. The molecule has 0 aliphatic rings. The Labute approximate surface area is 86.4 Å². The van der Waals surface area contributed by atoms with Gasteiger partial charge in [-0.3, -0.25) is 9.36 Å². The number of nitrogens with one attached hydrogen (secondary N) is 1. The summed E-state index contributed by atoms with van der Waals surface area (Å²) in [5, 5.41) is 9.30. The molecule has 0 fully saturated rings. The Morgan fingerprint density at radius 2 is 2.40 bits per heavy atom. The number of aromatic nitrogens is 3. The van der Waals surface area contributed by atoms with Gasteiger partial charge in [-0.15, -0.1) is 0 Å². The van der Waals surface area contributed by atoms with Crippen LogP contribution in [0.25, 0.3) is 11.0 Å². The molecule has 15 heavy (non-hydrogen) atoms. The largest absolute Gasteiger partial charge is 0.396 e. The molecule has 2 N–H and O–H groups in total. The van der Waals surface area contributed by atoms with Crippen molar-refractivity contribution in [2.24, 2.45) is 0 Å². The van der Waals surface area contributed by atoms with E-state index < -0.39 is 0 Å². The number of nitrogens with zero attached hydrogens (tertiary/aromatic N) is 2. The quantitative estimate of drug-likeness (QED) is 0.766. The number of H-pyrrole nitrogens is 1. The number of aliphatic hydroxyl groups is 1. The molecule has 5 nitrogen and oxygen atoms in total. The summed E-state index contributed by atoms with van der Waals surface area (Å²) in [6.45, 7) is 2.47. The fourth-order valence-corrected chi connectivity index (χ4v) is 1.57. The van der Waals surface area contributed by atoms with Gasteiger partial charge in [0.25, 0.3) is 5.56 Å². The monoisotopic (exact) mass is 207 g/mol. The van der Waals surface area contributed by atoms with Crippen LogP contribution in [-0.2, 0) is 6.54 Å². The fourth-order valence-electron chi connectivity index (χ4n) is 1.57. The standard InChI is InChI=1S/C10H13N3O2/c1-7-5-8-9(12-7)11-6-13(10(8)15)3-2-4-14/h5-6,12,14H,2-4H2,1H3. The van der Waals surface area contributed by atoms with Crippen LogP contribution in [0.2, 0.25) is 0 Å². The molecule has 0 aliphatic heterocycles. The number of aliphatic hydroxyl groups excluding tert-OH is 1. The molecule has 0 spiro atoms. The predicted octanol–water partition coefficient (Wildman–Crippen LogP) is 0.415. The zero-order valence-electron chi connectivity index (χ0n) is 8.53. The lowest BCUT2D eigenvalue weighted by molar-refractivity contribution is 0.279. The normalized spacial score (nSPS) is 11.1. The zero-order valence-corrected chi connectivity index (χ0v) is 8.53. The molecule has 0 unspecified atom stereocenters. The SMILES string of the molecule is Cc1cc2c(=O)n(CCCO)cnc2[nH]1. The van der Waals surface area contributed by atoms with Crippen LogP contribution < -0.4 is 5.56 Å². The van der Waals surface area contributed by atoms with Crippen molar-refractivity contribution >= 4 is 11.0 Å². The summed E-state index contributed by atoms with van der Waals surface area (Å²) >= 11 is 0. The van der Waals surface area contributed by atoms with E-state index in [9.17, 15) is 4.79 Å². The van der Waals surface area contributed by atoms with Crippen molar-refractivity contribution in [1.82, 2.24) is 14.5 Å². The van der Waals surface area contributed by atoms with Gasteiger partial charge in [-0.1, -0.05) is 0 Å². The minimum Gasteiger partial charge on any atom is -0.396 e. The first-order valence-corrected chi connectivity index (χ1v) is 4.88. The maximum Gasteiger partial charge on any atom is 0.262 e. The number of hydrogen-bond donors (Lipinski definition) is 2. The Bertz CT molecular complexity index is 527. The van der Waals surface area contributed by atoms with Crippen LogP contribution in [-0.4, -0.2) is 26.2 Å². The molecule has 2 aromatic heterocycles. The van der Waals surface area contributed by atoms with Crippen molar-refractivity contribution < 1.29 is 5.11 Å². The van der Waals surface area contributed by atoms with Crippen LogP contribution in [0.4, 0.5) is 0 Å². The van der Waals surface area contributed by atoms with Crippen molar-refractivity contribution in [1.29, 1.82) is 0 Å². The van der Waals surface area contributed by atoms with E-state index in [2.05, 4.69) is 9.97 Å². The average Bonchev–Trinajstić information content (AvgIpc) is 2.59. The van der Waals surface area contributed by atoms with Crippen molar-refractivity contribution in [3.63, 3.8) is 0 Å². The third-order valence-corrected chi connectivity index (χ3v) is 2.31. The van der Waals surface area contributed by atoms with Crippen molar-refractivity contribution in [3.8, 4) is 0 Å². The highest BCUT2D eigenvalue weighted by Gasteiger charge is 2.05. The molecule has 2 heterocycles. The molecule has 0 amide bonds. The lowest BCUT2D eigenvalue weighted by Crippen LogP contribution is -2.20. The number of hydrogen-bond acceptors (Lipinski definition) is 3. The van der Waals surface area contributed by atoms with Crippen molar-refractivity contribution in [2.75, 3.05) is 6.61 Å². The van der Waals surface area contributed by atoms with Crippen molar-refractivity contribution in [2.45, 2.75) is 19.9 Å². The minimum absolute atomic E-state index is 0.0576. The Hall–Kier alpha value is -1.62. The summed E-state index contributed by atoms with van der Waals surface area (Å²) < 4.78 is 1.52. The lowest BCUT2D eigenvalue weighted by atomic mass is 10.3. The average molecular weight is 207 g/mol. The Kier molecular flexibility index (Phi) is 2.55. The van der Waals surface area contributed by atoms with Gasteiger partial charge in [-0.2, -0.15) is 0 Å². The van der Waals surface area contributed by atoms with Crippen LogP contribution >= 0.6 is 0 Å². The number of fused-ring (bicyclic) bond motifs is 1. The molecule has 0 aromatic carbocycles. The van der Waals surface area contributed by atoms with Crippen LogP contribution in [0.5, 0.6) is 0 Å². The van der Waals surface area contributed by atoms with Crippen LogP contribution in [0.15, 0.2) is 17.2 Å². The van der Waals surface area contributed by atoms with Gasteiger partial charge in [0.2, 0.25) is 0 Å². The Morgan fingerprint density at radius 1 is 1.60 bits per heavy atom. The number of aromatic amines is 1. The van der Waals surface area contributed by atoms with Crippen molar-refractivity contribution in [3.05, 3.63) is 28.4 Å². The van der Waals surface area contributed by atoms with E-state index in [1.807, 2.05) is 6.92 Å². The van der Waals surface area contributed by atoms with Gasteiger partial charge in [0.15, 0.2) is 0 Å². The highest BCUT2D eigenvalue weighted by atomic mass is 16.3. The van der Waals surface area contributed by atoms with E-state index >= 15 is 0 Å². The van der Waals surface area contributed by atoms with E-state index in [1.54, 1.807) is 6.07 Å². The number of aryl methyl sites for hydroxylation is 2. The summed E-state index contributed by atoms with van der Waals surface area (Å²) in [5.74, 6) is 0. The highest BCUT2D eigenvalue weighted by molar-refractivity contribution is 5.74. The van der Waals surface area contributed by atoms with E-state index in [-0.39, 0.29) is 12.2 Å². The molecule has 0 aliphatic carbocycles. The fraction of sp³-hybridized carbons (Fsp3) is 0.400. The topological polar surface area (TPSA) is 70.9 Å². The molecule has 2 aromatic rings. The molecule has 0 atom stereocenters. The molecule has 2 rings (SSSR count). The van der Waals surface area contributed by atoms with Crippen LogP contribution in [0.3, 0.4) is 0 Å². The van der Waals surface area contributed by atoms with E-state index in [0.717, 1.165) is 5.69 Å². The van der Waals surface area contributed by atoms with E-state index in [4.69, 9.17) is 5.11 Å². The van der Waals surface area contributed by atoms with Crippen LogP contribution in [0.1, 0.15) is 12.1 Å². The summed E-state index contributed by atoms with van der Waals surface area (Å²) in [6, 6.07) is 1.79. The summed E-state index contributed by atoms with van der Waals surface area (Å²) in [5.41, 5.74) is 1.49. The molecule has 0 bridgehead atoms. The van der Waals surface area contributed by atoms with Gasteiger partial charge in [0, 0.05) is 18.8 Å². The zero-order chi connectivity index (χ0) is 10.8. The van der Waals surface area contributed by atoms with Gasteiger partial charge in [-0.05, 0) is 19.4 Å². The third-order valence-electron chi connectivity index (χ3n) is 2.31. The molecule has 0 saturated carbocycles. The molecule has 80 valence electrons. The smallest absolute Gasteiger partial charge is 0.262 e. The first kappa shape index (κ1) is 9.92. The second-order valence-electron chi connectivity index (χ2n) is 3.53. The van der Waals surface area contributed by atoms with E-state index in [1.165, 1.54) is 10.9 Å². The summed E-state index contributed by atoms with van der Waals surface area (Å²) in [6.07, 6.45) is 2.08. The van der Waals surface area contributed by atoms with Gasteiger partial charge < -0.3 is 10.1 Å². The summed E-state index contributed by atoms with van der Waals surface area (Å²) in [4.78, 5) is 19.0. The maximum atomic E-state index is 11.9. The minimum atomic E-state index is -0.0576. The van der Waals surface area contributed by atoms with Gasteiger partial charge in [0.1, 0.15) is 5.65 Å². The second kappa shape index (κ2) is 3.86.